The zero-order valence-corrected chi connectivity index (χ0v) is 10.8. The topological polar surface area (TPSA) is 59.6 Å². The summed E-state index contributed by atoms with van der Waals surface area (Å²) in [6, 6.07) is 0. The van der Waals surface area contributed by atoms with Gasteiger partial charge in [-0.25, -0.2) is 0 Å². The summed E-state index contributed by atoms with van der Waals surface area (Å²) in [5.41, 5.74) is -0.395. The molecule has 0 bridgehead atoms. The second-order valence-electron chi connectivity index (χ2n) is 4.23. The molecule has 0 atom stereocenters. The van der Waals surface area contributed by atoms with Gasteiger partial charge in [-0.1, -0.05) is 0 Å². The molecule has 0 aromatic rings. The van der Waals surface area contributed by atoms with Gasteiger partial charge in [0.1, 0.15) is 0 Å². The molecule has 1 amide bonds. The van der Waals surface area contributed by atoms with E-state index in [1.807, 2.05) is 13.8 Å². The molecule has 0 aromatic carbocycles. The van der Waals surface area contributed by atoms with Crippen LogP contribution in [-0.2, 0) is 14.3 Å². The third-order valence-corrected chi connectivity index (χ3v) is 2.25. The number of amides is 1. The van der Waals surface area contributed by atoms with Gasteiger partial charge in [-0.3, -0.25) is 4.79 Å². The van der Waals surface area contributed by atoms with E-state index in [0.717, 1.165) is 13.1 Å². The lowest BCUT2D eigenvalue weighted by Crippen LogP contribution is -2.37. The Morgan fingerprint density at radius 1 is 1.19 bits per heavy atom. The first-order valence-electron chi connectivity index (χ1n) is 5.53. The van der Waals surface area contributed by atoms with Crippen molar-refractivity contribution in [3.8, 4) is 0 Å². The summed E-state index contributed by atoms with van der Waals surface area (Å²) >= 11 is 0. The van der Waals surface area contributed by atoms with Crippen molar-refractivity contribution in [3.63, 3.8) is 0 Å². The van der Waals surface area contributed by atoms with E-state index in [1.54, 1.807) is 14.2 Å². The highest BCUT2D eigenvalue weighted by atomic mass is 16.5. The van der Waals surface area contributed by atoms with Gasteiger partial charge in [-0.2, -0.15) is 0 Å². The van der Waals surface area contributed by atoms with E-state index in [4.69, 9.17) is 9.47 Å². The van der Waals surface area contributed by atoms with Crippen molar-refractivity contribution >= 4 is 5.91 Å². The monoisotopic (exact) mass is 232 g/mol. The lowest BCUT2D eigenvalue weighted by atomic mass is 10.1. The van der Waals surface area contributed by atoms with E-state index < -0.39 is 5.60 Å². The molecule has 0 aliphatic heterocycles. The first kappa shape index (κ1) is 15.3. The molecule has 96 valence electrons. The molecule has 0 aliphatic carbocycles. The predicted molar refractivity (Wildman–Crippen MR) is 63.5 cm³/mol. The van der Waals surface area contributed by atoms with Crippen LogP contribution in [0.2, 0.25) is 0 Å². The van der Waals surface area contributed by atoms with Crippen LogP contribution in [0, 0.1) is 0 Å². The normalized spacial score (nSPS) is 11.5. The Balaban J connectivity index is 3.44. The van der Waals surface area contributed by atoms with Crippen molar-refractivity contribution in [3.05, 3.63) is 0 Å². The van der Waals surface area contributed by atoms with Crippen LogP contribution in [0.25, 0.3) is 0 Å². The molecule has 0 radical (unpaired) electrons. The summed E-state index contributed by atoms with van der Waals surface area (Å²) in [5.74, 6) is 0.0143. The molecule has 0 unspecified atom stereocenters. The number of ether oxygens (including phenoxy) is 2. The SMILES string of the molecule is COCCNCCNC(=O)CC(C)(C)OC. The second-order valence-corrected chi connectivity index (χ2v) is 4.23. The molecular weight excluding hydrogens is 208 g/mol. The molecule has 0 rings (SSSR count). The number of nitrogens with one attached hydrogen (secondary N) is 2. The fraction of sp³-hybridized carbons (Fsp3) is 0.909. The largest absolute Gasteiger partial charge is 0.383 e. The van der Waals surface area contributed by atoms with E-state index in [-0.39, 0.29) is 5.91 Å². The van der Waals surface area contributed by atoms with Crippen molar-refractivity contribution in [2.24, 2.45) is 0 Å². The van der Waals surface area contributed by atoms with Gasteiger partial charge in [-0.15, -0.1) is 0 Å². The number of hydrogen-bond donors (Lipinski definition) is 2. The lowest BCUT2D eigenvalue weighted by Gasteiger charge is -2.21. The molecule has 5 nitrogen and oxygen atoms in total. The van der Waals surface area contributed by atoms with Gasteiger partial charge in [0.15, 0.2) is 0 Å². The average Bonchev–Trinajstić information content (AvgIpc) is 2.22. The standard InChI is InChI=1S/C11H24N2O3/c1-11(2,16-4)9-10(14)13-6-5-12-7-8-15-3/h12H,5-9H2,1-4H3,(H,13,14). The van der Waals surface area contributed by atoms with Crippen LogP contribution in [0.3, 0.4) is 0 Å². The van der Waals surface area contributed by atoms with E-state index in [9.17, 15) is 4.79 Å². The van der Waals surface area contributed by atoms with Gasteiger partial charge in [0.25, 0.3) is 0 Å². The number of methoxy groups -OCH3 is 2. The molecule has 0 saturated carbocycles. The Hall–Kier alpha value is -0.650. The van der Waals surface area contributed by atoms with Crippen LogP contribution in [0.15, 0.2) is 0 Å². The van der Waals surface area contributed by atoms with Gasteiger partial charge in [-0.05, 0) is 13.8 Å². The maximum absolute atomic E-state index is 11.5. The lowest BCUT2D eigenvalue weighted by molar-refractivity contribution is -0.126. The molecule has 0 saturated heterocycles. The fourth-order valence-corrected chi connectivity index (χ4v) is 1.11. The number of rotatable bonds is 9. The zero-order chi connectivity index (χ0) is 12.4. The molecule has 2 N–H and O–H groups in total. The molecule has 0 aromatic heterocycles. The maximum atomic E-state index is 11.5. The van der Waals surface area contributed by atoms with Gasteiger partial charge in [0.05, 0.1) is 18.6 Å². The van der Waals surface area contributed by atoms with Crippen molar-refractivity contribution in [2.45, 2.75) is 25.9 Å². The van der Waals surface area contributed by atoms with Gasteiger partial charge in [0.2, 0.25) is 5.91 Å². The summed E-state index contributed by atoms with van der Waals surface area (Å²) < 4.78 is 10.1. The Morgan fingerprint density at radius 3 is 2.44 bits per heavy atom. The van der Waals surface area contributed by atoms with Crippen molar-refractivity contribution in [1.29, 1.82) is 0 Å². The highest BCUT2D eigenvalue weighted by molar-refractivity contribution is 5.76. The van der Waals surface area contributed by atoms with Crippen LogP contribution in [-0.4, -0.2) is 52.0 Å². The van der Waals surface area contributed by atoms with E-state index in [1.165, 1.54) is 0 Å². The van der Waals surface area contributed by atoms with E-state index in [2.05, 4.69) is 10.6 Å². The first-order chi connectivity index (χ1) is 7.52. The molecule has 5 heteroatoms. The Bertz CT molecular complexity index is 196. The number of hydrogen-bond acceptors (Lipinski definition) is 4. The number of carbonyl (C=O) groups is 1. The Kier molecular flexibility index (Phi) is 8.15. The van der Waals surface area contributed by atoms with Gasteiger partial charge < -0.3 is 20.1 Å². The highest BCUT2D eigenvalue weighted by Crippen LogP contribution is 2.11. The molecule has 0 spiro atoms. The molecule has 16 heavy (non-hydrogen) atoms. The van der Waals surface area contributed by atoms with Crippen LogP contribution >= 0.6 is 0 Å². The summed E-state index contributed by atoms with van der Waals surface area (Å²) in [7, 11) is 3.27. The summed E-state index contributed by atoms with van der Waals surface area (Å²) in [6.07, 6.45) is 0.377. The summed E-state index contributed by atoms with van der Waals surface area (Å²) in [6.45, 7) is 6.65. The second kappa shape index (κ2) is 8.50. The summed E-state index contributed by atoms with van der Waals surface area (Å²) in [4.78, 5) is 11.5. The van der Waals surface area contributed by atoms with E-state index in [0.29, 0.717) is 19.6 Å². The molecule has 0 fully saturated rings. The van der Waals surface area contributed by atoms with Crippen LogP contribution in [0.4, 0.5) is 0 Å². The number of carbonyl (C=O) groups excluding carboxylic acids is 1. The third-order valence-electron chi connectivity index (χ3n) is 2.25. The van der Waals surface area contributed by atoms with E-state index >= 15 is 0 Å². The predicted octanol–water partition coefficient (Wildman–Crippen LogP) is 0.154. The van der Waals surface area contributed by atoms with Crippen LogP contribution in [0.1, 0.15) is 20.3 Å². The zero-order valence-electron chi connectivity index (χ0n) is 10.8. The first-order valence-corrected chi connectivity index (χ1v) is 5.53. The minimum absolute atomic E-state index is 0.0143. The van der Waals surface area contributed by atoms with Crippen molar-refractivity contribution < 1.29 is 14.3 Å². The molecular formula is C11H24N2O3. The summed E-state index contributed by atoms with van der Waals surface area (Å²) in [5, 5.41) is 5.98. The minimum Gasteiger partial charge on any atom is -0.383 e. The fourth-order valence-electron chi connectivity index (χ4n) is 1.11. The maximum Gasteiger partial charge on any atom is 0.222 e. The van der Waals surface area contributed by atoms with Gasteiger partial charge in [0, 0.05) is 33.9 Å². The molecule has 0 aliphatic rings. The minimum atomic E-state index is -0.395. The molecule has 0 heterocycles. The Morgan fingerprint density at radius 2 is 1.88 bits per heavy atom. The Labute approximate surface area is 97.9 Å². The van der Waals surface area contributed by atoms with Crippen LogP contribution < -0.4 is 10.6 Å². The van der Waals surface area contributed by atoms with Crippen molar-refractivity contribution in [2.75, 3.05) is 40.5 Å². The van der Waals surface area contributed by atoms with Crippen LogP contribution in [0.5, 0.6) is 0 Å². The average molecular weight is 232 g/mol. The van der Waals surface area contributed by atoms with Gasteiger partial charge >= 0.3 is 0 Å². The quantitative estimate of drug-likeness (QED) is 0.556. The third kappa shape index (κ3) is 8.64. The smallest absolute Gasteiger partial charge is 0.222 e. The highest BCUT2D eigenvalue weighted by Gasteiger charge is 2.20. The van der Waals surface area contributed by atoms with Crippen molar-refractivity contribution in [1.82, 2.24) is 10.6 Å².